The molecule has 2 amide bonds. The van der Waals surface area contributed by atoms with E-state index in [1.807, 2.05) is 55.4 Å². The third-order valence-electron chi connectivity index (χ3n) is 10.8. The van der Waals surface area contributed by atoms with Gasteiger partial charge in [0.05, 0.1) is 37.8 Å². The Morgan fingerprint density at radius 3 is 2.00 bits per heavy atom. The first kappa shape index (κ1) is 44.6. The summed E-state index contributed by atoms with van der Waals surface area (Å²) in [5.74, 6) is -2.93. The minimum Gasteiger partial charge on any atom is -0.475 e. The van der Waals surface area contributed by atoms with Gasteiger partial charge in [-0.3, -0.25) is 14.3 Å². The fourth-order valence-electron chi connectivity index (χ4n) is 7.74. The number of rotatable bonds is 13. The zero-order chi connectivity index (χ0) is 43.8. The summed E-state index contributed by atoms with van der Waals surface area (Å²) in [6, 6.07) is 19.0. The number of carbonyl (C=O) groups excluding carboxylic acids is 2. The van der Waals surface area contributed by atoms with Gasteiger partial charge in [0.25, 0.3) is 5.91 Å². The van der Waals surface area contributed by atoms with Crippen molar-refractivity contribution < 1.29 is 48.0 Å². The molecule has 2 aliphatic rings. The van der Waals surface area contributed by atoms with E-state index >= 15 is 0 Å². The number of alkyl halides is 3. The number of nitrogens with zero attached hydrogens (tertiary/aromatic N) is 7. The predicted octanol–water partition coefficient (Wildman–Crippen LogP) is 3.02. The molecule has 7 N–H and O–H groups in total. The largest absolute Gasteiger partial charge is 0.490 e. The molecule has 17 nitrogen and oxygen atoms in total. The van der Waals surface area contributed by atoms with E-state index in [4.69, 9.17) is 19.9 Å². The summed E-state index contributed by atoms with van der Waals surface area (Å²) >= 11 is 0. The second-order valence-electron chi connectivity index (χ2n) is 15.4. The van der Waals surface area contributed by atoms with Gasteiger partial charge in [-0.2, -0.15) is 18.3 Å². The van der Waals surface area contributed by atoms with E-state index in [-0.39, 0.29) is 36.3 Å². The fourth-order valence-corrected chi connectivity index (χ4v) is 7.74. The average molecular weight is 851 g/mol. The lowest BCUT2D eigenvalue weighted by Crippen LogP contribution is -2.45. The topological polar surface area (TPSA) is 233 Å². The zero-order valence-electron chi connectivity index (χ0n) is 33.5. The molecule has 61 heavy (non-hydrogen) atoms. The highest BCUT2D eigenvalue weighted by Crippen LogP contribution is 2.40. The molecule has 3 aromatic heterocycles. The molecular weight excluding hydrogens is 802 g/mol. The van der Waals surface area contributed by atoms with Crippen LogP contribution in [0.25, 0.3) is 11.2 Å². The summed E-state index contributed by atoms with van der Waals surface area (Å²) in [5, 5.41) is 53.2. The molecule has 0 bridgehead atoms. The smallest absolute Gasteiger partial charge is 0.475 e. The Morgan fingerprint density at radius 2 is 1.46 bits per heavy atom. The van der Waals surface area contributed by atoms with E-state index in [0.717, 1.165) is 24.0 Å². The summed E-state index contributed by atoms with van der Waals surface area (Å²) in [7, 11) is 3.71. The van der Waals surface area contributed by atoms with Crippen molar-refractivity contribution in [1.29, 1.82) is 0 Å². The van der Waals surface area contributed by atoms with Gasteiger partial charge in [0, 0.05) is 36.3 Å². The van der Waals surface area contributed by atoms with Crippen LogP contribution >= 0.6 is 0 Å². The average Bonchev–Trinajstić information content (AvgIpc) is 3.96. The van der Waals surface area contributed by atoms with Crippen LogP contribution in [-0.4, -0.2) is 130 Å². The number of aliphatic hydroxyl groups is 3. The van der Waals surface area contributed by atoms with Crippen LogP contribution in [0.3, 0.4) is 0 Å². The first-order valence-electron chi connectivity index (χ1n) is 19.8. The van der Waals surface area contributed by atoms with Crippen LogP contribution in [0.4, 0.5) is 19.0 Å². The Labute approximate surface area is 348 Å². The van der Waals surface area contributed by atoms with Gasteiger partial charge in [0.1, 0.15) is 17.7 Å². The van der Waals surface area contributed by atoms with Gasteiger partial charge in [-0.05, 0) is 57.3 Å². The number of aliphatic carboxylic acids is 1. The molecule has 2 saturated carbocycles. The van der Waals surface area contributed by atoms with E-state index in [1.165, 1.54) is 6.20 Å². The monoisotopic (exact) mass is 850 g/mol. The van der Waals surface area contributed by atoms with E-state index in [0.29, 0.717) is 54.9 Å². The highest BCUT2D eigenvalue weighted by Gasteiger charge is 2.45. The van der Waals surface area contributed by atoms with Gasteiger partial charge in [-0.15, -0.1) is 0 Å². The highest BCUT2D eigenvalue weighted by molar-refractivity contribution is 5.94. The number of fused-ring (bicyclic) bond motifs is 1. The van der Waals surface area contributed by atoms with Gasteiger partial charge < -0.3 is 45.8 Å². The number of nitrogens with one attached hydrogen (secondary N) is 3. The third-order valence-corrected chi connectivity index (χ3v) is 10.8. The van der Waals surface area contributed by atoms with E-state index < -0.39 is 42.3 Å². The number of carboxylic acid groups (broad SMARTS) is 1. The number of aromatic nitrogens is 6. The number of hydrogen-bond donors (Lipinski definition) is 7. The molecule has 2 aromatic carbocycles. The molecule has 0 saturated heterocycles. The second-order valence-corrected chi connectivity index (χ2v) is 15.4. The van der Waals surface area contributed by atoms with Crippen LogP contribution in [0.5, 0.6) is 0 Å². The third kappa shape index (κ3) is 11.1. The first-order valence-corrected chi connectivity index (χ1v) is 19.8. The van der Waals surface area contributed by atoms with Gasteiger partial charge in [-0.1, -0.05) is 60.7 Å². The lowest BCUT2D eigenvalue weighted by atomic mass is 9.91. The molecule has 0 spiro atoms. The number of carboxylic acids is 1. The molecule has 0 aliphatic heterocycles. The number of aliphatic hydroxyl groups excluding tert-OH is 3. The van der Waals surface area contributed by atoms with Crippen LogP contribution in [0.2, 0.25) is 0 Å². The first-order chi connectivity index (χ1) is 29.1. The van der Waals surface area contributed by atoms with Gasteiger partial charge in [0.2, 0.25) is 11.7 Å². The zero-order valence-corrected chi connectivity index (χ0v) is 33.5. The maximum absolute atomic E-state index is 13.9. The maximum Gasteiger partial charge on any atom is 0.490 e. The van der Waals surface area contributed by atoms with Gasteiger partial charge in [-0.25, -0.2) is 19.7 Å². The number of amides is 2. The van der Waals surface area contributed by atoms with Crippen LogP contribution in [0.15, 0.2) is 79.4 Å². The number of halogens is 3. The minimum atomic E-state index is -5.08. The Bertz CT molecular complexity index is 2210. The van der Waals surface area contributed by atoms with Crippen LogP contribution in [0, 0.1) is 0 Å². The summed E-state index contributed by atoms with van der Waals surface area (Å²) < 4.78 is 35.0. The van der Waals surface area contributed by atoms with Gasteiger partial charge >= 0.3 is 12.1 Å². The summed E-state index contributed by atoms with van der Waals surface area (Å²) in [5.41, 5.74) is 3.58. The SMILES string of the molecule is CN(C)CC(=O)NC1CCC(NC(=O)c2nc(NCC(c3ccccc3)c3ccccc3)c3ncn([C@@H]4C[C@H](n5cc(CO)cn5)C(O)C4O)c3n2)CC1.O=C(O)C(F)(F)F. The van der Waals surface area contributed by atoms with Crippen molar-refractivity contribution >= 4 is 34.8 Å². The summed E-state index contributed by atoms with van der Waals surface area (Å²) in [6.45, 7) is 0.575. The molecule has 2 fully saturated rings. The molecule has 20 heteroatoms. The van der Waals surface area contributed by atoms with Crippen molar-refractivity contribution in [2.45, 2.75) is 87.2 Å². The number of hydrogen-bond acceptors (Lipinski definition) is 12. The molecule has 2 aliphatic carbocycles. The maximum atomic E-state index is 13.9. The van der Waals surface area contributed by atoms with Crippen molar-refractivity contribution in [3.63, 3.8) is 0 Å². The molecule has 7 rings (SSSR count). The number of carbonyl (C=O) groups is 3. The molecule has 0 radical (unpaired) electrons. The number of imidazole rings is 1. The van der Waals surface area contributed by atoms with Crippen LogP contribution < -0.4 is 16.0 Å². The predicted molar refractivity (Wildman–Crippen MR) is 215 cm³/mol. The van der Waals surface area contributed by atoms with Crippen molar-refractivity contribution in [1.82, 2.24) is 44.8 Å². The lowest BCUT2D eigenvalue weighted by Gasteiger charge is -2.29. The fraction of sp³-hybridized carbons (Fsp3) is 0.439. The minimum absolute atomic E-state index is 0.0154. The Morgan fingerprint density at radius 1 is 0.885 bits per heavy atom. The molecule has 326 valence electrons. The standard InChI is InChI=1S/C39H48N10O5.C2HF3O2/c1-47(2)21-32(51)43-27-13-15-28(16-14-27)44-39(54)37-45-36(40-19-29(25-9-5-3-6-10-25)26-11-7-4-8-12-26)33-38(46-37)48(23-41-33)30-17-31(35(53)34(30)52)49-20-24(22-50)18-42-49;3-2(4,5)1(6)7/h3-12,18,20,23,27-31,34-35,50,52-53H,13-17,19,21-22H2,1-2H3,(H,43,51)(H,44,54)(H,40,45,46);(H,6,7)/t27?,28?,30-,31+,34?,35?;/m1./s1. The molecule has 3 heterocycles. The van der Waals surface area contributed by atoms with Gasteiger partial charge in [0.15, 0.2) is 11.5 Å². The summed E-state index contributed by atoms with van der Waals surface area (Å²) in [4.78, 5) is 51.1. The Kier molecular flexibility index (Phi) is 14.3. The van der Waals surface area contributed by atoms with Crippen molar-refractivity contribution in [3.8, 4) is 0 Å². The summed E-state index contributed by atoms with van der Waals surface area (Å²) in [6.07, 6.45) is 0.489. The number of likely N-dealkylation sites (N-methyl/N-ethyl adjacent to an activating group) is 1. The van der Waals surface area contributed by atoms with Crippen molar-refractivity contribution in [2.24, 2.45) is 0 Å². The highest BCUT2D eigenvalue weighted by atomic mass is 19.4. The Hall–Kier alpha value is -5.96. The normalized spacial score (nSPS) is 21.5. The van der Waals surface area contributed by atoms with E-state index in [2.05, 4.69) is 50.3 Å². The molecule has 5 aromatic rings. The Balaban J connectivity index is 0.000000819. The number of benzene rings is 2. The molecule has 2 unspecified atom stereocenters. The quantitative estimate of drug-likeness (QED) is 0.0905. The van der Waals surface area contributed by atoms with Crippen LogP contribution in [-0.2, 0) is 16.2 Å². The number of anilines is 1. The van der Waals surface area contributed by atoms with Crippen LogP contribution in [0.1, 0.15) is 77.4 Å². The van der Waals surface area contributed by atoms with E-state index in [1.54, 1.807) is 21.8 Å². The lowest BCUT2D eigenvalue weighted by molar-refractivity contribution is -0.192. The molecular formula is C41H49F3N10O7. The second kappa shape index (κ2) is 19.6. The van der Waals surface area contributed by atoms with Crippen molar-refractivity contribution in [2.75, 3.05) is 32.5 Å². The van der Waals surface area contributed by atoms with Crippen molar-refractivity contribution in [3.05, 3.63) is 102 Å². The van der Waals surface area contributed by atoms with E-state index in [9.17, 15) is 38.1 Å². The molecule has 4 atom stereocenters.